The van der Waals surface area contributed by atoms with Gasteiger partial charge in [0.1, 0.15) is 0 Å². The van der Waals surface area contributed by atoms with Crippen molar-refractivity contribution < 1.29 is 14.1 Å². The molecule has 1 N–H and O–H groups in total. The lowest BCUT2D eigenvalue weighted by molar-refractivity contribution is -0.384. The van der Waals surface area contributed by atoms with Crippen LogP contribution in [0.3, 0.4) is 0 Å². The molecule has 2 atom stereocenters. The minimum absolute atomic E-state index is 0.00462. The first-order chi connectivity index (χ1) is 15.0. The third-order valence-electron chi connectivity index (χ3n) is 5.54. The van der Waals surface area contributed by atoms with Crippen molar-refractivity contribution >= 4 is 17.3 Å². The van der Waals surface area contributed by atoms with Gasteiger partial charge in [-0.15, -0.1) is 10.2 Å². The van der Waals surface area contributed by atoms with Gasteiger partial charge in [-0.2, -0.15) is 0 Å². The highest BCUT2D eigenvalue weighted by atomic mass is 16.6. The van der Waals surface area contributed by atoms with E-state index in [1.54, 1.807) is 12.1 Å². The van der Waals surface area contributed by atoms with Gasteiger partial charge in [0.05, 0.1) is 16.9 Å². The van der Waals surface area contributed by atoms with Gasteiger partial charge in [0.25, 0.3) is 5.69 Å². The summed E-state index contributed by atoms with van der Waals surface area (Å²) in [6.45, 7) is 3.42. The van der Waals surface area contributed by atoms with E-state index in [2.05, 4.69) is 20.4 Å². The Kier molecular flexibility index (Phi) is 6.03. The SMILES string of the molecule is C[C@@H](c1nnc(-c2ccc([N+](=O)[O-])cc2)o1)N1CCC[C@@H](C(=O)Nc2ccccc2)C1. The van der Waals surface area contributed by atoms with E-state index in [0.717, 1.165) is 25.1 Å². The Hall–Kier alpha value is -3.59. The maximum atomic E-state index is 12.7. The summed E-state index contributed by atoms with van der Waals surface area (Å²) in [6.07, 6.45) is 1.74. The summed E-state index contributed by atoms with van der Waals surface area (Å²) in [5.41, 5.74) is 1.42. The third-order valence-corrected chi connectivity index (χ3v) is 5.54. The van der Waals surface area contributed by atoms with Crippen molar-refractivity contribution in [1.82, 2.24) is 15.1 Å². The number of nitro benzene ring substituents is 1. The maximum absolute atomic E-state index is 12.7. The van der Waals surface area contributed by atoms with E-state index in [1.165, 1.54) is 12.1 Å². The number of amides is 1. The van der Waals surface area contributed by atoms with Crippen LogP contribution in [0, 0.1) is 16.0 Å². The standard InChI is InChI=1S/C22H23N5O4/c1-15(21-24-25-22(31-21)16-9-11-19(12-10-16)27(29)30)26-13-5-6-17(14-26)20(28)23-18-7-3-2-4-8-18/h2-4,7-12,15,17H,5-6,13-14H2,1H3,(H,23,28)/t15-,17+/m0/s1. The number of piperidine rings is 1. The van der Waals surface area contributed by atoms with Crippen molar-refractivity contribution in [2.45, 2.75) is 25.8 Å². The molecule has 9 nitrogen and oxygen atoms in total. The zero-order valence-electron chi connectivity index (χ0n) is 17.1. The fourth-order valence-electron chi connectivity index (χ4n) is 3.74. The van der Waals surface area contributed by atoms with Crippen molar-refractivity contribution in [3.63, 3.8) is 0 Å². The zero-order valence-corrected chi connectivity index (χ0v) is 17.1. The van der Waals surface area contributed by atoms with Crippen LogP contribution in [-0.4, -0.2) is 39.0 Å². The molecule has 1 aliphatic rings. The molecule has 1 saturated heterocycles. The lowest BCUT2D eigenvalue weighted by atomic mass is 9.96. The number of nitrogens with one attached hydrogen (secondary N) is 1. The number of non-ortho nitro benzene ring substituents is 1. The predicted molar refractivity (Wildman–Crippen MR) is 114 cm³/mol. The van der Waals surface area contributed by atoms with Gasteiger partial charge in [0.2, 0.25) is 17.7 Å². The fourth-order valence-corrected chi connectivity index (χ4v) is 3.74. The number of likely N-dealkylation sites (tertiary alicyclic amines) is 1. The summed E-state index contributed by atoms with van der Waals surface area (Å²) in [5, 5.41) is 22.1. The summed E-state index contributed by atoms with van der Waals surface area (Å²) in [6, 6.07) is 15.3. The van der Waals surface area contributed by atoms with Gasteiger partial charge in [-0.3, -0.25) is 19.8 Å². The molecule has 1 aromatic heterocycles. The third kappa shape index (κ3) is 4.77. The average molecular weight is 421 g/mol. The van der Waals surface area contributed by atoms with Crippen molar-refractivity contribution in [3.05, 3.63) is 70.6 Å². The van der Waals surface area contributed by atoms with Crippen LogP contribution in [0.25, 0.3) is 11.5 Å². The van der Waals surface area contributed by atoms with E-state index in [1.807, 2.05) is 37.3 Å². The minimum atomic E-state index is -0.453. The summed E-state index contributed by atoms with van der Waals surface area (Å²) >= 11 is 0. The van der Waals surface area contributed by atoms with E-state index in [0.29, 0.717) is 23.9 Å². The highest BCUT2D eigenvalue weighted by Crippen LogP contribution is 2.29. The molecule has 2 heterocycles. The number of hydrogen-bond acceptors (Lipinski definition) is 7. The summed E-state index contributed by atoms with van der Waals surface area (Å²) in [5.74, 6) is 0.665. The van der Waals surface area contributed by atoms with Crippen LogP contribution in [0.1, 0.15) is 31.7 Å². The van der Waals surface area contributed by atoms with Gasteiger partial charge < -0.3 is 9.73 Å². The van der Waals surface area contributed by atoms with E-state index in [4.69, 9.17) is 4.42 Å². The quantitative estimate of drug-likeness (QED) is 0.471. The van der Waals surface area contributed by atoms with Gasteiger partial charge in [-0.1, -0.05) is 18.2 Å². The number of benzene rings is 2. The Morgan fingerprint density at radius 2 is 1.94 bits per heavy atom. The Balaban J connectivity index is 1.41. The highest BCUT2D eigenvalue weighted by molar-refractivity contribution is 5.92. The number of aromatic nitrogens is 2. The molecule has 31 heavy (non-hydrogen) atoms. The van der Waals surface area contributed by atoms with Crippen molar-refractivity contribution in [2.75, 3.05) is 18.4 Å². The number of nitrogens with zero attached hydrogens (tertiary/aromatic N) is 4. The van der Waals surface area contributed by atoms with Gasteiger partial charge >= 0.3 is 0 Å². The van der Waals surface area contributed by atoms with Crippen molar-refractivity contribution in [2.24, 2.45) is 5.92 Å². The second-order valence-corrected chi connectivity index (χ2v) is 7.61. The van der Waals surface area contributed by atoms with Gasteiger partial charge in [0, 0.05) is 29.9 Å². The molecule has 1 fully saturated rings. The molecule has 2 aromatic carbocycles. The van der Waals surface area contributed by atoms with Crippen LogP contribution in [0.2, 0.25) is 0 Å². The normalized spacial score (nSPS) is 17.8. The molecule has 0 bridgehead atoms. The van der Waals surface area contributed by atoms with Gasteiger partial charge in [-0.25, -0.2) is 0 Å². The summed E-state index contributed by atoms with van der Waals surface area (Å²) < 4.78 is 5.84. The average Bonchev–Trinajstić information content (AvgIpc) is 3.30. The maximum Gasteiger partial charge on any atom is 0.269 e. The van der Waals surface area contributed by atoms with E-state index < -0.39 is 4.92 Å². The molecule has 0 saturated carbocycles. The number of nitro groups is 1. The van der Waals surface area contributed by atoms with Crippen LogP contribution in [0.15, 0.2) is 59.0 Å². The van der Waals surface area contributed by atoms with E-state index in [9.17, 15) is 14.9 Å². The predicted octanol–water partition coefficient (Wildman–Crippen LogP) is 4.06. The minimum Gasteiger partial charge on any atom is -0.419 e. The van der Waals surface area contributed by atoms with Crippen LogP contribution in [0.5, 0.6) is 0 Å². The lowest BCUT2D eigenvalue weighted by Crippen LogP contribution is -2.41. The molecule has 0 aliphatic carbocycles. The van der Waals surface area contributed by atoms with Gasteiger partial charge in [-0.05, 0) is 50.6 Å². The van der Waals surface area contributed by atoms with Crippen LogP contribution in [-0.2, 0) is 4.79 Å². The van der Waals surface area contributed by atoms with Crippen LogP contribution < -0.4 is 5.32 Å². The summed E-state index contributed by atoms with van der Waals surface area (Å²) in [7, 11) is 0. The number of anilines is 1. The molecule has 4 rings (SSSR count). The molecular formula is C22H23N5O4. The van der Waals surface area contributed by atoms with Crippen LogP contribution >= 0.6 is 0 Å². The molecule has 9 heteroatoms. The van der Waals surface area contributed by atoms with Crippen molar-refractivity contribution in [1.29, 1.82) is 0 Å². The number of rotatable bonds is 6. The Morgan fingerprint density at radius 3 is 2.65 bits per heavy atom. The number of carbonyl (C=O) groups excluding carboxylic acids is 1. The molecule has 1 amide bonds. The topological polar surface area (TPSA) is 114 Å². The fraction of sp³-hybridized carbons (Fsp3) is 0.318. The molecule has 0 radical (unpaired) electrons. The largest absolute Gasteiger partial charge is 0.419 e. The first-order valence-electron chi connectivity index (χ1n) is 10.2. The van der Waals surface area contributed by atoms with E-state index >= 15 is 0 Å². The smallest absolute Gasteiger partial charge is 0.269 e. The first-order valence-corrected chi connectivity index (χ1v) is 10.2. The van der Waals surface area contributed by atoms with Gasteiger partial charge in [0.15, 0.2) is 0 Å². The van der Waals surface area contributed by atoms with Crippen LogP contribution in [0.4, 0.5) is 11.4 Å². The zero-order chi connectivity index (χ0) is 21.8. The Morgan fingerprint density at radius 1 is 1.19 bits per heavy atom. The van der Waals surface area contributed by atoms with Crippen molar-refractivity contribution in [3.8, 4) is 11.5 Å². The number of carbonyl (C=O) groups is 1. The molecule has 0 unspecified atom stereocenters. The van der Waals surface area contributed by atoms with E-state index in [-0.39, 0.29) is 23.6 Å². The first kappa shape index (κ1) is 20.7. The highest BCUT2D eigenvalue weighted by Gasteiger charge is 2.31. The summed E-state index contributed by atoms with van der Waals surface area (Å²) in [4.78, 5) is 25.2. The Bertz CT molecular complexity index is 1050. The molecule has 160 valence electrons. The Labute approximate surface area is 179 Å². The molecule has 0 spiro atoms. The second-order valence-electron chi connectivity index (χ2n) is 7.61. The molecular weight excluding hydrogens is 398 g/mol. The number of para-hydroxylation sites is 1. The monoisotopic (exact) mass is 421 g/mol. The number of hydrogen-bond donors (Lipinski definition) is 1. The molecule has 3 aromatic rings. The molecule has 1 aliphatic heterocycles. The second kappa shape index (κ2) is 9.05. The lowest BCUT2D eigenvalue weighted by Gasteiger charge is -2.34.